The molecule has 3 aromatic rings. The van der Waals surface area contributed by atoms with E-state index >= 15 is 0 Å². The van der Waals surface area contributed by atoms with E-state index in [0.29, 0.717) is 18.1 Å². The van der Waals surface area contributed by atoms with E-state index in [2.05, 4.69) is 38.3 Å². The lowest BCUT2D eigenvalue weighted by molar-refractivity contribution is -0.116. The highest BCUT2D eigenvalue weighted by molar-refractivity contribution is 5.96. The monoisotopic (exact) mass is 461 g/mol. The number of amides is 3. The van der Waals surface area contributed by atoms with Gasteiger partial charge in [0.2, 0.25) is 5.91 Å². The molecule has 0 saturated heterocycles. The first-order valence-corrected chi connectivity index (χ1v) is 11.8. The number of nitrogens with zero attached hydrogens (tertiary/aromatic N) is 3. The summed E-state index contributed by atoms with van der Waals surface area (Å²) in [7, 11) is 0. The van der Waals surface area contributed by atoms with Gasteiger partial charge in [-0.25, -0.2) is 9.48 Å². The fraction of sp³-hybridized carbons (Fsp3) is 0.370. The van der Waals surface area contributed by atoms with Gasteiger partial charge in [0.05, 0.1) is 11.4 Å². The summed E-state index contributed by atoms with van der Waals surface area (Å²) in [5.41, 5.74) is 3.36. The molecule has 1 aromatic heterocycles. The number of para-hydroxylation sites is 1. The summed E-state index contributed by atoms with van der Waals surface area (Å²) in [5, 5.41) is 10.6. The summed E-state index contributed by atoms with van der Waals surface area (Å²) >= 11 is 0. The molecule has 0 saturated carbocycles. The van der Waals surface area contributed by atoms with Crippen LogP contribution in [0.1, 0.15) is 51.8 Å². The number of anilines is 2. The molecule has 0 aliphatic heterocycles. The molecule has 34 heavy (non-hydrogen) atoms. The summed E-state index contributed by atoms with van der Waals surface area (Å²) in [5.74, 6) is 0.309. The number of aryl methyl sites for hydroxylation is 1. The standard InChI is InChI=1S/C27H35N5O2/c1-6-7-17-31(26(34)28-21-15-13-20(2)14-16-21)19-25(33)29-24-18-23(27(3,4)5)30-32(24)22-11-9-8-10-12-22/h8-16,18H,6-7,17,19H2,1-5H3,(H,28,34)(H,29,33). The minimum atomic E-state index is -0.292. The second kappa shape index (κ2) is 11.0. The van der Waals surface area contributed by atoms with Crippen LogP contribution in [-0.4, -0.2) is 39.7 Å². The number of carbonyl (C=O) groups excluding carboxylic acids is 2. The summed E-state index contributed by atoms with van der Waals surface area (Å²) in [6.45, 7) is 10.7. The van der Waals surface area contributed by atoms with Crippen LogP contribution in [0.25, 0.3) is 5.69 Å². The number of benzene rings is 2. The van der Waals surface area contributed by atoms with Gasteiger partial charge in [0, 0.05) is 23.7 Å². The van der Waals surface area contributed by atoms with Gasteiger partial charge in [-0.2, -0.15) is 5.10 Å². The van der Waals surface area contributed by atoms with E-state index in [9.17, 15) is 9.59 Å². The number of unbranched alkanes of at least 4 members (excludes halogenated alkanes) is 1. The summed E-state index contributed by atoms with van der Waals surface area (Å²) in [6, 6.07) is 18.9. The molecule has 0 fully saturated rings. The Hall–Kier alpha value is -3.61. The van der Waals surface area contributed by atoms with Crippen molar-refractivity contribution in [2.75, 3.05) is 23.7 Å². The van der Waals surface area contributed by atoms with E-state index in [1.165, 1.54) is 0 Å². The number of hydrogen-bond donors (Lipinski definition) is 2. The minimum absolute atomic E-state index is 0.0531. The smallest absolute Gasteiger partial charge is 0.315 e. The molecule has 3 rings (SSSR count). The molecule has 0 aliphatic carbocycles. The number of nitrogens with one attached hydrogen (secondary N) is 2. The molecular formula is C27H35N5O2. The van der Waals surface area contributed by atoms with Gasteiger partial charge in [-0.05, 0) is 37.6 Å². The van der Waals surface area contributed by atoms with Gasteiger partial charge in [-0.3, -0.25) is 4.79 Å². The summed E-state index contributed by atoms with van der Waals surface area (Å²) < 4.78 is 1.74. The van der Waals surface area contributed by atoms with Crippen LogP contribution in [0.4, 0.5) is 16.3 Å². The highest BCUT2D eigenvalue weighted by Gasteiger charge is 2.23. The predicted molar refractivity (Wildman–Crippen MR) is 138 cm³/mol. The van der Waals surface area contributed by atoms with E-state index in [1.54, 1.807) is 9.58 Å². The molecule has 1 heterocycles. The van der Waals surface area contributed by atoms with E-state index in [4.69, 9.17) is 5.10 Å². The van der Waals surface area contributed by atoms with Crippen LogP contribution in [0.2, 0.25) is 0 Å². The first kappa shape index (κ1) is 25.0. The van der Waals surface area contributed by atoms with Gasteiger partial charge in [0.15, 0.2) is 0 Å². The number of aromatic nitrogens is 2. The Morgan fingerprint density at radius 2 is 1.68 bits per heavy atom. The second-order valence-electron chi connectivity index (χ2n) is 9.53. The van der Waals surface area contributed by atoms with Crippen LogP contribution in [0.5, 0.6) is 0 Å². The Morgan fingerprint density at radius 1 is 1.00 bits per heavy atom. The normalized spacial score (nSPS) is 11.2. The van der Waals surface area contributed by atoms with Crippen molar-refractivity contribution in [1.82, 2.24) is 14.7 Å². The number of hydrogen-bond acceptors (Lipinski definition) is 3. The Morgan fingerprint density at radius 3 is 2.29 bits per heavy atom. The van der Waals surface area contributed by atoms with Crippen LogP contribution < -0.4 is 10.6 Å². The second-order valence-corrected chi connectivity index (χ2v) is 9.53. The average molecular weight is 462 g/mol. The van der Waals surface area contributed by atoms with E-state index < -0.39 is 0 Å². The molecule has 7 nitrogen and oxygen atoms in total. The Balaban J connectivity index is 1.77. The average Bonchev–Trinajstić information content (AvgIpc) is 3.23. The first-order valence-electron chi connectivity index (χ1n) is 11.8. The van der Waals surface area contributed by atoms with Crippen molar-refractivity contribution in [3.63, 3.8) is 0 Å². The van der Waals surface area contributed by atoms with Gasteiger partial charge in [-0.1, -0.05) is 70.0 Å². The van der Waals surface area contributed by atoms with E-state index in [0.717, 1.165) is 29.8 Å². The van der Waals surface area contributed by atoms with Crippen LogP contribution >= 0.6 is 0 Å². The molecule has 0 unspecified atom stereocenters. The molecular weight excluding hydrogens is 426 g/mol. The quantitative estimate of drug-likeness (QED) is 0.448. The predicted octanol–water partition coefficient (Wildman–Crippen LogP) is 5.75. The Labute approximate surface area is 202 Å². The lowest BCUT2D eigenvalue weighted by Gasteiger charge is -2.22. The van der Waals surface area contributed by atoms with Crippen molar-refractivity contribution in [2.45, 2.75) is 52.9 Å². The zero-order valence-corrected chi connectivity index (χ0v) is 20.8. The molecule has 0 radical (unpaired) electrons. The van der Waals surface area contributed by atoms with Crippen LogP contribution in [-0.2, 0) is 10.2 Å². The first-order chi connectivity index (χ1) is 16.2. The Kier molecular flexibility index (Phi) is 8.10. The molecule has 0 aliphatic rings. The molecule has 3 amide bonds. The van der Waals surface area contributed by atoms with Crippen molar-refractivity contribution < 1.29 is 9.59 Å². The summed E-state index contributed by atoms with van der Waals surface area (Å²) in [4.78, 5) is 27.5. The SMILES string of the molecule is CCCCN(CC(=O)Nc1cc(C(C)(C)C)nn1-c1ccccc1)C(=O)Nc1ccc(C)cc1. The fourth-order valence-electron chi connectivity index (χ4n) is 3.40. The third-order valence-corrected chi connectivity index (χ3v) is 5.45. The van der Waals surface area contributed by atoms with Gasteiger partial charge < -0.3 is 15.5 Å². The Bertz CT molecular complexity index is 1100. The fourth-order valence-corrected chi connectivity index (χ4v) is 3.40. The van der Waals surface area contributed by atoms with Crippen molar-refractivity contribution in [2.24, 2.45) is 0 Å². The largest absolute Gasteiger partial charge is 0.322 e. The molecule has 2 aromatic carbocycles. The lowest BCUT2D eigenvalue weighted by Crippen LogP contribution is -2.41. The molecule has 0 bridgehead atoms. The summed E-state index contributed by atoms with van der Waals surface area (Å²) in [6.07, 6.45) is 1.73. The van der Waals surface area contributed by atoms with Gasteiger partial charge in [0.1, 0.15) is 12.4 Å². The lowest BCUT2D eigenvalue weighted by atomic mass is 9.92. The van der Waals surface area contributed by atoms with Gasteiger partial charge in [0.25, 0.3) is 0 Å². The molecule has 0 spiro atoms. The third-order valence-electron chi connectivity index (χ3n) is 5.45. The van der Waals surface area contributed by atoms with E-state index in [1.807, 2.05) is 67.6 Å². The van der Waals surface area contributed by atoms with Crippen LogP contribution in [0, 0.1) is 6.92 Å². The third kappa shape index (κ3) is 6.70. The van der Waals surface area contributed by atoms with Gasteiger partial charge >= 0.3 is 6.03 Å². The highest BCUT2D eigenvalue weighted by atomic mass is 16.2. The van der Waals surface area contributed by atoms with E-state index in [-0.39, 0.29) is 23.9 Å². The zero-order chi connectivity index (χ0) is 24.7. The number of rotatable bonds is 8. The number of carbonyl (C=O) groups is 2. The van der Waals surface area contributed by atoms with Crippen LogP contribution in [0.3, 0.4) is 0 Å². The van der Waals surface area contributed by atoms with Crippen molar-refractivity contribution >= 4 is 23.4 Å². The topological polar surface area (TPSA) is 79.3 Å². The molecule has 2 N–H and O–H groups in total. The maximum absolute atomic E-state index is 13.1. The molecule has 0 atom stereocenters. The van der Waals surface area contributed by atoms with Crippen molar-refractivity contribution in [3.8, 4) is 5.69 Å². The number of urea groups is 1. The molecule has 7 heteroatoms. The minimum Gasteiger partial charge on any atom is -0.315 e. The van der Waals surface area contributed by atoms with Crippen LogP contribution in [0.15, 0.2) is 60.7 Å². The maximum Gasteiger partial charge on any atom is 0.322 e. The zero-order valence-electron chi connectivity index (χ0n) is 20.8. The van der Waals surface area contributed by atoms with Crippen molar-refractivity contribution in [1.29, 1.82) is 0 Å². The maximum atomic E-state index is 13.1. The molecule has 180 valence electrons. The van der Waals surface area contributed by atoms with Gasteiger partial charge in [-0.15, -0.1) is 0 Å². The highest BCUT2D eigenvalue weighted by Crippen LogP contribution is 2.26. The van der Waals surface area contributed by atoms with Crippen molar-refractivity contribution in [3.05, 3.63) is 71.9 Å².